The minimum Gasteiger partial charge on any atom is -0.394 e. The molecule has 1 aromatic rings. The van der Waals surface area contributed by atoms with Gasteiger partial charge >= 0.3 is 0 Å². The van der Waals surface area contributed by atoms with Crippen LogP contribution in [-0.2, 0) is 0 Å². The van der Waals surface area contributed by atoms with Crippen molar-refractivity contribution in [3.05, 3.63) is 20.3 Å². The maximum Gasteiger partial charge on any atom is 0.261 e. The van der Waals surface area contributed by atoms with Gasteiger partial charge in [0.25, 0.3) is 5.91 Å². The topological polar surface area (TPSA) is 69.6 Å². The van der Waals surface area contributed by atoms with E-state index in [0.29, 0.717) is 4.88 Å². The van der Waals surface area contributed by atoms with E-state index in [9.17, 15) is 4.79 Å². The van der Waals surface area contributed by atoms with Gasteiger partial charge in [0.2, 0.25) is 0 Å². The Hall–Kier alpha value is -0.430. The minimum atomic E-state index is -0.904. The van der Waals surface area contributed by atoms with Gasteiger partial charge in [-0.1, -0.05) is 0 Å². The largest absolute Gasteiger partial charge is 0.394 e. The first-order valence-corrected chi connectivity index (χ1v) is 5.98. The summed E-state index contributed by atoms with van der Waals surface area (Å²) in [5.74, 6) is -0.235. The smallest absolute Gasteiger partial charge is 0.261 e. The highest BCUT2D eigenvalue weighted by Crippen LogP contribution is 2.27. The van der Waals surface area contributed by atoms with Crippen molar-refractivity contribution in [1.82, 2.24) is 5.32 Å². The van der Waals surface area contributed by atoms with Crippen molar-refractivity contribution < 1.29 is 15.0 Å². The SMILES string of the molecule is Cc1cc(C(=O)NCC(O)CO)sc1Br. The van der Waals surface area contributed by atoms with Gasteiger partial charge in [-0.25, -0.2) is 0 Å². The zero-order chi connectivity index (χ0) is 11.4. The van der Waals surface area contributed by atoms with Crippen molar-refractivity contribution in [3.63, 3.8) is 0 Å². The number of carbonyl (C=O) groups is 1. The summed E-state index contributed by atoms with van der Waals surface area (Å²) in [6.07, 6.45) is -0.904. The molecular weight excluding hydrogens is 282 g/mol. The van der Waals surface area contributed by atoms with Crippen molar-refractivity contribution in [1.29, 1.82) is 0 Å². The zero-order valence-electron chi connectivity index (χ0n) is 8.16. The molecule has 1 amide bonds. The predicted molar refractivity (Wildman–Crippen MR) is 62.2 cm³/mol. The molecule has 0 aliphatic rings. The molecule has 0 bridgehead atoms. The fraction of sp³-hybridized carbons (Fsp3) is 0.444. The predicted octanol–water partition coefficient (Wildman–Crippen LogP) is 0.902. The fourth-order valence-electron chi connectivity index (χ4n) is 0.934. The third kappa shape index (κ3) is 3.57. The molecule has 1 unspecified atom stereocenters. The van der Waals surface area contributed by atoms with Crippen LogP contribution in [-0.4, -0.2) is 35.4 Å². The number of hydrogen-bond acceptors (Lipinski definition) is 4. The van der Waals surface area contributed by atoms with Crippen LogP contribution in [0, 0.1) is 6.92 Å². The number of hydrogen-bond donors (Lipinski definition) is 3. The Labute approximate surface area is 100 Å². The summed E-state index contributed by atoms with van der Waals surface area (Å²) >= 11 is 4.67. The summed E-state index contributed by atoms with van der Waals surface area (Å²) in [7, 11) is 0. The average molecular weight is 294 g/mol. The Morgan fingerprint density at radius 2 is 2.40 bits per heavy atom. The lowest BCUT2D eigenvalue weighted by molar-refractivity contribution is 0.0804. The van der Waals surface area contributed by atoms with Crippen molar-refractivity contribution in [2.75, 3.05) is 13.2 Å². The van der Waals surface area contributed by atoms with Crippen LogP contribution in [0.1, 0.15) is 15.2 Å². The molecule has 0 spiro atoms. The van der Waals surface area contributed by atoms with Gasteiger partial charge in [-0.3, -0.25) is 4.79 Å². The summed E-state index contributed by atoms with van der Waals surface area (Å²) in [4.78, 5) is 12.1. The second-order valence-corrected chi connectivity index (χ2v) is 5.48. The van der Waals surface area contributed by atoms with E-state index in [4.69, 9.17) is 10.2 Å². The van der Waals surface area contributed by atoms with Crippen LogP contribution in [0.15, 0.2) is 9.85 Å². The van der Waals surface area contributed by atoms with E-state index in [-0.39, 0.29) is 19.1 Å². The van der Waals surface area contributed by atoms with Crippen molar-refractivity contribution in [3.8, 4) is 0 Å². The van der Waals surface area contributed by atoms with Gasteiger partial charge in [0.05, 0.1) is 21.4 Å². The van der Waals surface area contributed by atoms with Crippen LogP contribution in [0.5, 0.6) is 0 Å². The highest BCUT2D eigenvalue weighted by atomic mass is 79.9. The lowest BCUT2D eigenvalue weighted by Gasteiger charge is -2.07. The molecule has 15 heavy (non-hydrogen) atoms. The summed E-state index contributed by atoms with van der Waals surface area (Å²) in [5, 5.41) is 20.1. The zero-order valence-corrected chi connectivity index (χ0v) is 10.6. The molecule has 3 N–H and O–H groups in total. The van der Waals surface area contributed by atoms with E-state index in [1.54, 1.807) is 6.07 Å². The summed E-state index contributed by atoms with van der Waals surface area (Å²) in [6, 6.07) is 1.77. The third-order valence-corrected chi connectivity index (χ3v) is 3.93. The number of halogens is 1. The number of rotatable bonds is 4. The number of carbonyl (C=O) groups excluding carboxylic acids is 1. The molecule has 1 rings (SSSR count). The molecule has 0 saturated carbocycles. The standard InChI is InChI=1S/C9H12BrNO3S/c1-5-2-7(15-8(5)10)9(14)11-3-6(13)4-12/h2,6,12-13H,3-4H2,1H3,(H,11,14). The summed E-state index contributed by atoms with van der Waals surface area (Å²) in [6.45, 7) is 1.61. The maximum atomic E-state index is 11.5. The molecule has 1 heterocycles. The van der Waals surface area contributed by atoms with Gasteiger partial charge in [0.15, 0.2) is 0 Å². The van der Waals surface area contributed by atoms with Gasteiger partial charge in [-0.2, -0.15) is 0 Å². The lowest BCUT2D eigenvalue weighted by Crippen LogP contribution is -2.33. The Morgan fingerprint density at radius 1 is 1.73 bits per heavy atom. The van der Waals surface area contributed by atoms with E-state index in [1.807, 2.05) is 6.92 Å². The number of aliphatic hydroxyl groups is 2. The van der Waals surface area contributed by atoms with E-state index in [0.717, 1.165) is 9.35 Å². The Kier molecular flexibility index (Phi) is 4.72. The first kappa shape index (κ1) is 12.6. The van der Waals surface area contributed by atoms with Gasteiger partial charge < -0.3 is 15.5 Å². The van der Waals surface area contributed by atoms with Crippen molar-refractivity contribution in [2.24, 2.45) is 0 Å². The van der Waals surface area contributed by atoms with E-state index in [2.05, 4.69) is 21.2 Å². The van der Waals surface area contributed by atoms with Gasteiger partial charge in [0.1, 0.15) is 0 Å². The molecule has 0 radical (unpaired) electrons. The molecule has 0 fully saturated rings. The molecule has 1 atom stereocenters. The van der Waals surface area contributed by atoms with Crippen LogP contribution in [0.3, 0.4) is 0 Å². The van der Waals surface area contributed by atoms with Gasteiger partial charge in [0, 0.05) is 6.54 Å². The van der Waals surface area contributed by atoms with E-state index in [1.165, 1.54) is 11.3 Å². The van der Waals surface area contributed by atoms with Gasteiger partial charge in [-0.05, 0) is 34.5 Å². The van der Waals surface area contributed by atoms with Crippen LogP contribution in [0.4, 0.5) is 0 Å². The van der Waals surface area contributed by atoms with Crippen LogP contribution in [0.2, 0.25) is 0 Å². The molecule has 4 nitrogen and oxygen atoms in total. The number of aryl methyl sites for hydroxylation is 1. The maximum absolute atomic E-state index is 11.5. The highest BCUT2D eigenvalue weighted by molar-refractivity contribution is 9.11. The first-order valence-electron chi connectivity index (χ1n) is 4.37. The molecule has 0 aliphatic heterocycles. The van der Waals surface area contributed by atoms with Crippen LogP contribution in [0.25, 0.3) is 0 Å². The van der Waals surface area contributed by atoms with Crippen LogP contribution < -0.4 is 5.32 Å². The monoisotopic (exact) mass is 293 g/mol. The van der Waals surface area contributed by atoms with Crippen molar-refractivity contribution >= 4 is 33.2 Å². The Bertz CT molecular complexity index is 334. The summed E-state index contributed by atoms with van der Waals surface area (Å²) < 4.78 is 0.926. The average Bonchev–Trinajstić information content (AvgIpc) is 2.55. The molecule has 6 heteroatoms. The normalized spacial score (nSPS) is 12.5. The lowest BCUT2D eigenvalue weighted by atomic mass is 10.3. The second kappa shape index (κ2) is 5.60. The molecule has 0 aromatic carbocycles. The van der Waals surface area contributed by atoms with E-state index < -0.39 is 6.10 Å². The second-order valence-electron chi connectivity index (χ2n) is 3.11. The van der Waals surface area contributed by atoms with E-state index >= 15 is 0 Å². The first-order chi connectivity index (χ1) is 7.04. The highest BCUT2D eigenvalue weighted by Gasteiger charge is 2.12. The van der Waals surface area contributed by atoms with Crippen LogP contribution >= 0.6 is 27.3 Å². The molecular formula is C9H12BrNO3S. The fourth-order valence-corrected chi connectivity index (χ4v) is 2.39. The third-order valence-electron chi connectivity index (χ3n) is 1.79. The Balaban J connectivity index is 2.54. The number of aliphatic hydroxyl groups excluding tert-OH is 2. The molecule has 0 aliphatic carbocycles. The number of nitrogens with one attached hydrogen (secondary N) is 1. The van der Waals surface area contributed by atoms with Crippen molar-refractivity contribution in [2.45, 2.75) is 13.0 Å². The molecule has 1 aromatic heterocycles. The quantitative estimate of drug-likeness (QED) is 0.773. The number of thiophene rings is 1. The molecule has 84 valence electrons. The molecule has 0 saturated heterocycles. The van der Waals surface area contributed by atoms with Gasteiger partial charge in [-0.15, -0.1) is 11.3 Å². The number of amides is 1. The minimum absolute atomic E-state index is 0.0594. The Morgan fingerprint density at radius 3 is 2.87 bits per heavy atom. The summed E-state index contributed by atoms with van der Waals surface area (Å²) in [5.41, 5.74) is 1.01.